The maximum atomic E-state index is 12.1. The molecule has 0 saturated heterocycles. The van der Waals surface area contributed by atoms with Gasteiger partial charge < -0.3 is 10.2 Å². The van der Waals surface area contributed by atoms with E-state index in [9.17, 15) is 4.79 Å². The molecule has 0 spiro atoms. The van der Waals surface area contributed by atoms with E-state index in [1.54, 1.807) is 0 Å². The molecule has 0 unspecified atom stereocenters. The van der Waals surface area contributed by atoms with Crippen LogP contribution in [0.15, 0.2) is 24.3 Å². The Labute approximate surface area is 137 Å². The number of amides is 1. The van der Waals surface area contributed by atoms with Gasteiger partial charge in [0.05, 0.1) is 0 Å². The second-order valence-corrected chi connectivity index (χ2v) is 6.36. The second kappa shape index (κ2) is 6.07. The lowest BCUT2D eigenvalue weighted by Crippen LogP contribution is -2.23. The molecule has 2 heterocycles. The van der Waals surface area contributed by atoms with Crippen LogP contribution in [-0.4, -0.2) is 29.8 Å². The summed E-state index contributed by atoms with van der Waals surface area (Å²) in [5.74, 6) is 0.856. The number of hydrogen-bond acceptors (Lipinski definition) is 3. The molecule has 1 aromatic heterocycles. The van der Waals surface area contributed by atoms with Crippen molar-refractivity contribution in [2.45, 2.75) is 39.2 Å². The van der Waals surface area contributed by atoms with E-state index in [0.717, 1.165) is 35.7 Å². The molecular weight excluding hydrogens is 288 g/mol. The highest BCUT2D eigenvalue weighted by Crippen LogP contribution is 2.39. The summed E-state index contributed by atoms with van der Waals surface area (Å²) in [7, 11) is 4.06. The van der Waals surface area contributed by atoms with Crippen LogP contribution in [0.4, 0.5) is 11.5 Å². The molecule has 1 N–H and O–H groups in total. The number of carbonyl (C=O) groups is 1. The van der Waals surface area contributed by atoms with E-state index < -0.39 is 0 Å². The molecule has 0 radical (unpaired) electrons. The number of anilines is 2. The van der Waals surface area contributed by atoms with Gasteiger partial charge in [-0.15, -0.1) is 0 Å². The average Bonchev–Trinajstić information content (AvgIpc) is 2.83. The fourth-order valence-electron chi connectivity index (χ4n) is 3.26. The minimum Gasteiger partial charge on any atom is -0.378 e. The molecule has 3 rings (SSSR count). The van der Waals surface area contributed by atoms with Crippen LogP contribution in [0.3, 0.4) is 0 Å². The number of nitrogens with zero attached hydrogens (tertiary/aromatic N) is 3. The Kier molecular flexibility index (Phi) is 4.11. The van der Waals surface area contributed by atoms with Gasteiger partial charge in [-0.05, 0) is 31.0 Å². The zero-order valence-electron chi connectivity index (χ0n) is 14.3. The number of rotatable bonds is 4. The van der Waals surface area contributed by atoms with E-state index in [1.165, 1.54) is 5.56 Å². The summed E-state index contributed by atoms with van der Waals surface area (Å²) in [5, 5.41) is 7.52. The maximum absolute atomic E-state index is 12.1. The lowest BCUT2D eigenvalue weighted by atomic mass is 9.85. The number of benzene rings is 1. The number of carbonyl (C=O) groups excluding carboxylic acids is 1. The van der Waals surface area contributed by atoms with Crippen LogP contribution in [0.25, 0.3) is 0 Å². The predicted octanol–water partition coefficient (Wildman–Crippen LogP) is 3.14. The smallest absolute Gasteiger partial charge is 0.226 e. The Morgan fingerprint density at radius 3 is 2.61 bits per heavy atom. The van der Waals surface area contributed by atoms with Crippen LogP contribution >= 0.6 is 0 Å². The van der Waals surface area contributed by atoms with Gasteiger partial charge >= 0.3 is 0 Å². The summed E-state index contributed by atoms with van der Waals surface area (Å²) in [6, 6.07) is 8.46. The second-order valence-electron chi connectivity index (χ2n) is 6.36. The standard InChI is InChI=1S/C18H24N4O/c1-5-10-22-12(2)17-15(11-16(23)19-18(17)20-22)13-6-8-14(9-7-13)21(3)4/h6-9,15H,5,10-11H2,1-4H3,(H,19,20,23)/t15-/m1/s1. The van der Waals surface area contributed by atoms with Crippen LogP contribution in [-0.2, 0) is 11.3 Å². The zero-order valence-corrected chi connectivity index (χ0v) is 14.3. The van der Waals surface area contributed by atoms with E-state index in [2.05, 4.69) is 53.4 Å². The van der Waals surface area contributed by atoms with Crippen LogP contribution in [0.5, 0.6) is 0 Å². The molecule has 1 atom stereocenters. The molecule has 0 aliphatic carbocycles. The van der Waals surface area contributed by atoms with Gasteiger partial charge in [-0.2, -0.15) is 5.10 Å². The molecule has 5 heteroatoms. The third-order valence-corrected chi connectivity index (χ3v) is 4.50. The van der Waals surface area contributed by atoms with E-state index in [0.29, 0.717) is 6.42 Å². The highest BCUT2D eigenvalue weighted by molar-refractivity contribution is 5.94. The van der Waals surface area contributed by atoms with Crippen molar-refractivity contribution in [1.82, 2.24) is 9.78 Å². The van der Waals surface area contributed by atoms with Crippen LogP contribution in [0.1, 0.15) is 42.5 Å². The molecule has 1 aromatic carbocycles. The van der Waals surface area contributed by atoms with Crippen LogP contribution in [0.2, 0.25) is 0 Å². The lowest BCUT2D eigenvalue weighted by molar-refractivity contribution is -0.116. The SMILES string of the molecule is CCCn1nc2c(c1C)[C@@H](c1ccc(N(C)C)cc1)CC(=O)N2. The van der Waals surface area contributed by atoms with Gasteiger partial charge in [-0.1, -0.05) is 19.1 Å². The quantitative estimate of drug-likeness (QED) is 0.943. The fraction of sp³-hybridized carbons (Fsp3) is 0.444. The normalized spacial score (nSPS) is 16.9. The van der Waals surface area contributed by atoms with Gasteiger partial charge in [0.25, 0.3) is 0 Å². The number of aromatic nitrogens is 2. The lowest BCUT2D eigenvalue weighted by Gasteiger charge is -2.23. The third kappa shape index (κ3) is 2.83. The molecule has 5 nitrogen and oxygen atoms in total. The van der Waals surface area contributed by atoms with Gasteiger partial charge in [0.1, 0.15) is 0 Å². The molecule has 1 amide bonds. The van der Waals surface area contributed by atoms with Gasteiger partial charge in [0.2, 0.25) is 5.91 Å². The van der Waals surface area contributed by atoms with Crippen molar-refractivity contribution in [3.05, 3.63) is 41.1 Å². The van der Waals surface area contributed by atoms with E-state index in [4.69, 9.17) is 0 Å². The Morgan fingerprint density at radius 1 is 1.30 bits per heavy atom. The summed E-state index contributed by atoms with van der Waals surface area (Å²) < 4.78 is 2.01. The first-order valence-corrected chi connectivity index (χ1v) is 8.15. The Balaban J connectivity index is 2.02. The van der Waals surface area contributed by atoms with Crippen molar-refractivity contribution >= 4 is 17.4 Å². The van der Waals surface area contributed by atoms with Crippen molar-refractivity contribution in [1.29, 1.82) is 0 Å². The van der Waals surface area contributed by atoms with Gasteiger partial charge in [0.15, 0.2) is 5.82 Å². The van der Waals surface area contributed by atoms with Crippen LogP contribution in [0, 0.1) is 6.92 Å². The van der Waals surface area contributed by atoms with Crippen molar-refractivity contribution < 1.29 is 4.79 Å². The molecule has 1 aliphatic rings. The number of aryl methyl sites for hydroxylation is 1. The number of hydrogen-bond donors (Lipinski definition) is 1. The zero-order chi connectivity index (χ0) is 16.6. The highest BCUT2D eigenvalue weighted by atomic mass is 16.1. The first-order valence-electron chi connectivity index (χ1n) is 8.15. The molecule has 1 aliphatic heterocycles. The van der Waals surface area contributed by atoms with Crippen molar-refractivity contribution in [3.63, 3.8) is 0 Å². The van der Waals surface area contributed by atoms with E-state index >= 15 is 0 Å². The van der Waals surface area contributed by atoms with Gasteiger partial charge in [-0.3, -0.25) is 9.48 Å². The molecule has 2 aromatic rings. The summed E-state index contributed by atoms with van der Waals surface area (Å²) >= 11 is 0. The molecule has 0 fully saturated rings. The summed E-state index contributed by atoms with van der Waals surface area (Å²) in [5.41, 5.74) is 4.65. The third-order valence-electron chi connectivity index (χ3n) is 4.50. The molecular formula is C18H24N4O. The minimum absolute atomic E-state index is 0.0420. The van der Waals surface area contributed by atoms with Crippen LogP contribution < -0.4 is 10.2 Å². The Hall–Kier alpha value is -2.30. The van der Waals surface area contributed by atoms with E-state index in [1.807, 2.05) is 18.8 Å². The maximum Gasteiger partial charge on any atom is 0.226 e. The largest absolute Gasteiger partial charge is 0.378 e. The Bertz CT molecular complexity index is 715. The fourth-order valence-corrected chi connectivity index (χ4v) is 3.26. The average molecular weight is 312 g/mol. The predicted molar refractivity (Wildman–Crippen MR) is 93.1 cm³/mol. The highest BCUT2D eigenvalue weighted by Gasteiger charge is 2.31. The van der Waals surface area contributed by atoms with Gasteiger partial charge in [0, 0.05) is 49.9 Å². The van der Waals surface area contributed by atoms with Crippen molar-refractivity contribution in [2.75, 3.05) is 24.3 Å². The molecule has 0 bridgehead atoms. The molecule has 23 heavy (non-hydrogen) atoms. The number of fused-ring (bicyclic) bond motifs is 1. The monoisotopic (exact) mass is 312 g/mol. The summed E-state index contributed by atoms with van der Waals surface area (Å²) in [4.78, 5) is 14.2. The minimum atomic E-state index is 0.0420. The summed E-state index contributed by atoms with van der Waals surface area (Å²) in [6.07, 6.45) is 1.50. The Morgan fingerprint density at radius 2 is 2.00 bits per heavy atom. The number of nitrogens with one attached hydrogen (secondary N) is 1. The first kappa shape index (κ1) is 15.6. The van der Waals surface area contributed by atoms with Crippen molar-refractivity contribution in [2.24, 2.45) is 0 Å². The van der Waals surface area contributed by atoms with Crippen molar-refractivity contribution in [3.8, 4) is 0 Å². The molecule has 0 saturated carbocycles. The molecule has 122 valence electrons. The van der Waals surface area contributed by atoms with Gasteiger partial charge in [-0.25, -0.2) is 0 Å². The topological polar surface area (TPSA) is 50.2 Å². The summed E-state index contributed by atoms with van der Waals surface area (Å²) in [6.45, 7) is 5.11. The van der Waals surface area contributed by atoms with E-state index in [-0.39, 0.29) is 11.8 Å². The first-order chi connectivity index (χ1) is 11.0.